The molecule has 1 heterocycles. The number of amides is 1. The van der Waals surface area contributed by atoms with Gasteiger partial charge in [-0.1, -0.05) is 0 Å². The predicted octanol–water partition coefficient (Wildman–Crippen LogP) is 4.92. The SMILES string of the molecule is COc1ccc(Oc2c(CCC(=O)N(C)C(C)C)c(C)nn2-c2ccc(F)cc2)cc1. The summed E-state index contributed by atoms with van der Waals surface area (Å²) in [7, 11) is 3.41. The minimum Gasteiger partial charge on any atom is -0.497 e. The molecule has 0 radical (unpaired) electrons. The summed E-state index contributed by atoms with van der Waals surface area (Å²) in [5.41, 5.74) is 2.27. The zero-order valence-electron chi connectivity index (χ0n) is 18.6. The Balaban J connectivity index is 1.96. The van der Waals surface area contributed by atoms with E-state index in [9.17, 15) is 9.18 Å². The minimum absolute atomic E-state index is 0.0549. The molecule has 0 fully saturated rings. The molecular weight excluding hydrogens is 397 g/mol. The second kappa shape index (κ2) is 9.64. The van der Waals surface area contributed by atoms with Crippen LogP contribution < -0.4 is 9.47 Å². The van der Waals surface area contributed by atoms with Gasteiger partial charge in [-0.2, -0.15) is 5.10 Å². The van der Waals surface area contributed by atoms with Gasteiger partial charge in [-0.25, -0.2) is 9.07 Å². The number of halogens is 1. The fourth-order valence-corrected chi connectivity index (χ4v) is 3.14. The second-order valence-corrected chi connectivity index (χ2v) is 7.63. The number of hydrogen-bond acceptors (Lipinski definition) is 4. The van der Waals surface area contributed by atoms with Crippen molar-refractivity contribution >= 4 is 5.91 Å². The average Bonchev–Trinajstić information content (AvgIpc) is 3.07. The van der Waals surface area contributed by atoms with Gasteiger partial charge in [0.2, 0.25) is 11.8 Å². The molecule has 0 aliphatic rings. The summed E-state index contributed by atoms with van der Waals surface area (Å²) in [4.78, 5) is 14.3. The Morgan fingerprint density at radius 1 is 1.10 bits per heavy atom. The van der Waals surface area contributed by atoms with E-state index >= 15 is 0 Å². The van der Waals surface area contributed by atoms with Crippen molar-refractivity contribution in [3.05, 3.63) is 65.6 Å². The summed E-state index contributed by atoms with van der Waals surface area (Å²) in [5.74, 6) is 1.57. The van der Waals surface area contributed by atoms with Gasteiger partial charge in [0.05, 0.1) is 18.5 Å². The summed E-state index contributed by atoms with van der Waals surface area (Å²) >= 11 is 0. The number of carbonyl (C=O) groups excluding carboxylic acids is 1. The van der Waals surface area contributed by atoms with E-state index < -0.39 is 0 Å². The first kappa shape index (κ1) is 22.3. The van der Waals surface area contributed by atoms with Gasteiger partial charge in [-0.05, 0) is 75.7 Å². The van der Waals surface area contributed by atoms with E-state index in [0.29, 0.717) is 30.2 Å². The maximum atomic E-state index is 13.4. The van der Waals surface area contributed by atoms with E-state index in [1.807, 2.05) is 32.9 Å². The Morgan fingerprint density at radius 2 is 1.71 bits per heavy atom. The Labute approximate surface area is 182 Å². The van der Waals surface area contributed by atoms with Gasteiger partial charge in [0.15, 0.2) is 0 Å². The number of nitrogens with zero attached hydrogens (tertiary/aromatic N) is 3. The fraction of sp³-hybridized carbons (Fsp3) is 0.333. The van der Waals surface area contributed by atoms with Crippen LogP contribution in [-0.2, 0) is 11.2 Å². The number of methoxy groups -OCH3 is 1. The first-order valence-electron chi connectivity index (χ1n) is 10.2. The van der Waals surface area contributed by atoms with Crippen LogP contribution in [0, 0.1) is 12.7 Å². The molecule has 2 aromatic carbocycles. The first-order valence-corrected chi connectivity index (χ1v) is 10.2. The topological polar surface area (TPSA) is 56.6 Å². The van der Waals surface area contributed by atoms with E-state index in [1.54, 1.807) is 48.0 Å². The lowest BCUT2D eigenvalue weighted by Gasteiger charge is -2.21. The third-order valence-electron chi connectivity index (χ3n) is 5.24. The first-order chi connectivity index (χ1) is 14.8. The van der Waals surface area contributed by atoms with Crippen LogP contribution in [0.5, 0.6) is 17.4 Å². The minimum atomic E-state index is -0.326. The fourth-order valence-electron chi connectivity index (χ4n) is 3.14. The summed E-state index contributed by atoms with van der Waals surface area (Å²) in [6.45, 7) is 5.84. The average molecular weight is 426 g/mol. The van der Waals surface area contributed by atoms with E-state index in [4.69, 9.17) is 9.47 Å². The zero-order valence-corrected chi connectivity index (χ0v) is 18.6. The lowest BCUT2D eigenvalue weighted by molar-refractivity contribution is -0.131. The molecule has 0 aliphatic carbocycles. The number of benzene rings is 2. The predicted molar refractivity (Wildman–Crippen MR) is 118 cm³/mol. The third kappa shape index (κ3) is 5.23. The maximum absolute atomic E-state index is 13.4. The lowest BCUT2D eigenvalue weighted by atomic mass is 10.1. The van der Waals surface area contributed by atoms with Crippen LogP contribution in [0.3, 0.4) is 0 Å². The van der Waals surface area contributed by atoms with Crippen molar-refractivity contribution in [3.8, 4) is 23.1 Å². The number of aryl methyl sites for hydroxylation is 1. The maximum Gasteiger partial charge on any atom is 0.226 e. The van der Waals surface area contributed by atoms with Crippen molar-refractivity contribution in [2.24, 2.45) is 0 Å². The summed E-state index contributed by atoms with van der Waals surface area (Å²) in [5, 5.41) is 4.62. The highest BCUT2D eigenvalue weighted by atomic mass is 19.1. The molecule has 0 unspecified atom stereocenters. The van der Waals surface area contributed by atoms with Crippen molar-refractivity contribution in [2.75, 3.05) is 14.2 Å². The van der Waals surface area contributed by atoms with Crippen LogP contribution in [0.4, 0.5) is 4.39 Å². The number of hydrogen-bond donors (Lipinski definition) is 0. The molecular formula is C24H28FN3O3. The molecule has 3 rings (SSSR count). The van der Waals surface area contributed by atoms with Crippen LogP contribution in [0.2, 0.25) is 0 Å². The molecule has 1 amide bonds. The highest BCUT2D eigenvalue weighted by Gasteiger charge is 2.21. The molecule has 7 heteroatoms. The highest BCUT2D eigenvalue weighted by Crippen LogP contribution is 2.32. The van der Waals surface area contributed by atoms with Gasteiger partial charge in [0.1, 0.15) is 17.3 Å². The molecule has 6 nitrogen and oxygen atoms in total. The van der Waals surface area contributed by atoms with E-state index in [-0.39, 0.29) is 17.8 Å². The monoisotopic (exact) mass is 425 g/mol. The van der Waals surface area contributed by atoms with E-state index in [2.05, 4.69) is 5.10 Å². The zero-order chi connectivity index (χ0) is 22.5. The summed E-state index contributed by atoms with van der Waals surface area (Å²) in [6.07, 6.45) is 0.817. The second-order valence-electron chi connectivity index (χ2n) is 7.63. The molecule has 164 valence electrons. The van der Waals surface area contributed by atoms with Crippen molar-refractivity contribution in [2.45, 2.75) is 39.7 Å². The van der Waals surface area contributed by atoms with Gasteiger partial charge in [0.25, 0.3) is 0 Å². The number of aromatic nitrogens is 2. The smallest absolute Gasteiger partial charge is 0.226 e. The number of rotatable bonds is 8. The quantitative estimate of drug-likeness (QED) is 0.514. The van der Waals surface area contributed by atoms with Crippen LogP contribution in [0.15, 0.2) is 48.5 Å². The summed E-state index contributed by atoms with van der Waals surface area (Å²) in [6, 6.07) is 13.4. The largest absolute Gasteiger partial charge is 0.497 e. The Kier molecular flexibility index (Phi) is 6.95. The van der Waals surface area contributed by atoms with Crippen LogP contribution in [0.1, 0.15) is 31.5 Å². The standard InChI is InChI=1S/C24H28FN3O3/c1-16(2)27(4)23(29)15-14-22-17(3)26-28(19-8-6-18(25)7-9-19)24(22)31-21-12-10-20(30-5)11-13-21/h6-13,16H,14-15H2,1-5H3. The molecule has 31 heavy (non-hydrogen) atoms. The van der Waals surface area contributed by atoms with Crippen LogP contribution in [0.25, 0.3) is 5.69 Å². The normalized spacial score (nSPS) is 10.9. The Morgan fingerprint density at radius 3 is 2.29 bits per heavy atom. The lowest BCUT2D eigenvalue weighted by Crippen LogP contribution is -2.33. The Bertz CT molecular complexity index is 1030. The van der Waals surface area contributed by atoms with Crippen molar-refractivity contribution in [1.82, 2.24) is 14.7 Å². The van der Waals surface area contributed by atoms with Crippen molar-refractivity contribution < 1.29 is 18.7 Å². The molecule has 1 aromatic heterocycles. The van der Waals surface area contributed by atoms with Gasteiger partial charge in [0, 0.05) is 25.1 Å². The molecule has 0 N–H and O–H groups in total. The van der Waals surface area contributed by atoms with Gasteiger partial charge < -0.3 is 14.4 Å². The molecule has 0 saturated carbocycles. The van der Waals surface area contributed by atoms with Gasteiger partial charge >= 0.3 is 0 Å². The highest BCUT2D eigenvalue weighted by molar-refractivity contribution is 5.76. The van der Waals surface area contributed by atoms with Crippen LogP contribution in [-0.4, -0.2) is 40.8 Å². The number of ether oxygens (including phenoxy) is 2. The van der Waals surface area contributed by atoms with Crippen molar-refractivity contribution in [3.63, 3.8) is 0 Å². The third-order valence-corrected chi connectivity index (χ3v) is 5.24. The van der Waals surface area contributed by atoms with Gasteiger partial charge in [-0.15, -0.1) is 0 Å². The molecule has 3 aromatic rings. The van der Waals surface area contributed by atoms with E-state index in [1.165, 1.54) is 12.1 Å². The molecule has 0 saturated heterocycles. The molecule has 0 spiro atoms. The van der Waals surface area contributed by atoms with E-state index in [0.717, 1.165) is 17.0 Å². The Hall–Kier alpha value is -3.35. The number of carbonyl (C=O) groups is 1. The van der Waals surface area contributed by atoms with Crippen molar-refractivity contribution in [1.29, 1.82) is 0 Å². The van der Waals surface area contributed by atoms with Crippen LogP contribution >= 0.6 is 0 Å². The molecule has 0 bridgehead atoms. The van der Waals surface area contributed by atoms with Gasteiger partial charge in [-0.3, -0.25) is 4.79 Å². The molecule has 0 atom stereocenters. The molecule has 0 aliphatic heterocycles. The summed E-state index contributed by atoms with van der Waals surface area (Å²) < 4.78 is 26.5.